The van der Waals surface area contributed by atoms with Gasteiger partial charge in [-0.2, -0.15) is 0 Å². The van der Waals surface area contributed by atoms with Gasteiger partial charge >= 0.3 is 5.97 Å². The molecular formula is C13H19NO5S. The Balaban J connectivity index is 2.84. The summed E-state index contributed by atoms with van der Waals surface area (Å²) in [5, 5.41) is 8.75. The summed E-state index contributed by atoms with van der Waals surface area (Å²) in [5.41, 5.74) is 0.796. The third kappa shape index (κ3) is 4.21. The Morgan fingerprint density at radius 3 is 2.65 bits per heavy atom. The van der Waals surface area contributed by atoms with E-state index in [4.69, 9.17) is 9.84 Å². The highest BCUT2D eigenvalue weighted by Crippen LogP contribution is 2.24. The average molecular weight is 301 g/mol. The maximum Gasteiger partial charge on any atom is 0.306 e. The maximum atomic E-state index is 12.2. The molecule has 0 spiro atoms. The molecule has 0 aliphatic rings. The van der Waals surface area contributed by atoms with Crippen LogP contribution in [0.2, 0.25) is 0 Å². The molecule has 0 heterocycles. The minimum absolute atomic E-state index is 0.0583. The molecule has 112 valence electrons. The highest BCUT2D eigenvalue weighted by Gasteiger charge is 2.20. The molecule has 0 radical (unpaired) electrons. The molecule has 20 heavy (non-hydrogen) atoms. The summed E-state index contributed by atoms with van der Waals surface area (Å²) < 4.78 is 31.8. The molecule has 2 N–H and O–H groups in total. The van der Waals surface area contributed by atoms with Crippen molar-refractivity contribution in [2.24, 2.45) is 5.92 Å². The van der Waals surface area contributed by atoms with Gasteiger partial charge in [0.15, 0.2) is 0 Å². The zero-order valence-electron chi connectivity index (χ0n) is 11.7. The number of hydrogen-bond donors (Lipinski definition) is 2. The number of aliphatic carboxylic acids is 1. The van der Waals surface area contributed by atoms with Gasteiger partial charge in [0.2, 0.25) is 10.0 Å². The number of benzene rings is 1. The van der Waals surface area contributed by atoms with Crippen LogP contribution in [-0.4, -0.2) is 33.1 Å². The highest BCUT2D eigenvalue weighted by molar-refractivity contribution is 7.89. The van der Waals surface area contributed by atoms with Gasteiger partial charge in [-0.1, -0.05) is 13.0 Å². The fourth-order valence-corrected chi connectivity index (χ4v) is 2.90. The summed E-state index contributed by atoms with van der Waals surface area (Å²) in [6.07, 6.45) is 0.225. The molecule has 1 rings (SSSR count). The Kier molecular flexibility index (Phi) is 5.52. The molecule has 0 fully saturated rings. The first-order chi connectivity index (χ1) is 9.27. The molecule has 0 saturated carbocycles. The van der Waals surface area contributed by atoms with Crippen LogP contribution in [0.25, 0.3) is 0 Å². The van der Waals surface area contributed by atoms with Crippen molar-refractivity contribution in [3.05, 3.63) is 23.8 Å². The van der Waals surface area contributed by atoms with Crippen molar-refractivity contribution in [3.8, 4) is 5.75 Å². The van der Waals surface area contributed by atoms with Gasteiger partial charge in [0.1, 0.15) is 10.6 Å². The predicted molar refractivity (Wildman–Crippen MR) is 74.3 cm³/mol. The summed E-state index contributed by atoms with van der Waals surface area (Å²) in [6, 6.07) is 4.86. The van der Waals surface area contributed by atoms with Crippen LogP contribution >= 0.6 is 0 Å². The van der Waals surface area contributed by atoms with Crippen LogP contribution < -0.4 is 9.46 Å². The van der Waals surface area contributed by atoms with Gasteiger partial charge in [-0.25, -0.2) is 13.1 Å². The SMILES string of the molecule is COc1ccc(C)cc1S(=O)(=O)NCCC(C)C(=O)O. The van der Waals surface area contributed by atoms with Crippen LogP contribution in [-0.2, 0) is 14.8 Å². The number of carboxylic acids is 1. The number of carbonyl (C=O) groups is 1. The Morgan fingerprint density at radius 2 is 2.10 bits per heavy atom. The topological polar surface area (TPSA) is 92.7 Å². The molecule has 0 bridgehead atoms. The number of methoxy groups -OCH3 is 1. The fourth-order valence-electron chi connectivity index (χ4n) is 1.60. The van der Waals surface area contributed by atoms with Crippen LogP contribution in [0.15, 0.2) is 23.1 Å². The number of ether oxygens (including phenoxy) is 1. The van der Waals surface area contributed by atoms with E-state index in [1.54, 1.807) is 19.1 Å². The Hall–Kier alpha value is -1.60. The van der Waals surface area contributed by atoms with Crippen LogP contribution in [0.3, 0.4) is 0 Å². The maximum absolute atomic E-state index is 12.2. The number of aryl methyl sites for hydroxylation is 1. The number of hydrogen-bond acceptors (Lipinski definition) is 4. The first-order valence-corrected chi connectivity index (χ1v) is 7.63. The van der Waals surface area contributed by atoms with E-state index >= 15 is 0 Å². The Bertz CT molecular complexity index is 582. The fraction of sp³-hybridized carbons (Fsp3) is 0.462. The van der Waals surface area contributed by atoms with Crippen molar-refractivity contribution >= 4 is 16.0 Å². The van der Waals surface area contributed by atoms with E-state index in [0.717, 1.165) is 5.56 Å². The zero-order chi connectivity index (χ0) is 15.3. The van der Waals surface area contributed by atoms with Gasteiger partial charge in [0.05, 0.1) is 13.0 Å². The Morgan fingerprint density at radius 1 is 1.45 bits per heavy atom. The second kappa shape index (κ2) is 6.71. The molecule has 0 aliphatic heterocycles. The minimum Gasteiger partial charge on any atom is -0.495 e. The zero-order valence-corrected chi connectivity index (χ0v) is 12.5. The second-order valence-electron chi connectivity index (χ2n) is 4.58. The van der Waals surface area contributed by atoms with E-state index < -0.39 is 21.9 Å². The molecule has 0 saturated heterocycles. The molecule has 1 aromatic rings. The van der Waals surface area contributed by atoms with Gasteiger partial charge < -0.3 is 9.84 Å². The number of rotatable bonds is 7. The third-order valence-corrected chi connectivity index (χ3v) is 4.38. The van der Waals surface area contributed by atoms with Crippen molar-refractivity contribution in [1.29, 1.82) is 0 Å². The smallest absolute Gasteiger partial charge is 0.306 e. The van der Waals surface area contributed by atoms with Crippen LogP contribution in [0.4, 0.5) is 0 Å². The van der Waals surface area contributed by atoms with Crippen LogP contribution in [0.1, 0.15) is 18.9 Å². The van der Waals surface area contributed by atoms with Crippen molar-refractivity contribution in [2.45, 2.75) is 25.2 Å². The lowest BCUT2D eigenvalue weighted by Crippen LogP contribution is -2.27. The van der Waals surface area contributed by atoms with Gasteiger partial charge in [-0.05, 0) is 31.0 Å². The quantitative estimate of drug-likeness (QED) is 0.794. The molecule has 1 unspecified atom stereocenters. The summed E-state index contributed by atoms with van der Waals surface area (Å²) >= 11 is 0. The van der Waals surface area contributed by atoms with E-state index in [9.17, 15) is 13.2 Å². The first kappa shape index (κ1) is 16.5. The molecule has 1 aromatic carbocycles. The lowest BCUT2D eigenvalue weighted by atomic mass is 10.1. The van der Waals surface area contributed by atoms with E-state index in [-0.39, 0.29) is 23.6 Å². The molecule has 0 amide bonds. The van der Waals surface area contributed by atoms with E-state index in [1.165, 1.54) is 20.1 Å². The van der Waals surface area contributed by atoms with Gasteiger partial charge in [-0.15, -0.1) is 0 Å². The molecule has 1 atom stereocenters. The summed E-state index contributed by atoms with van der Waals surface area (Å²) in [7, 11) is -2.32. The van der Waals surface area contributed by atoms with Gasteiger partial charge in [0, 0.05) is 6.54 Å². The summed E-state index contributed by atoms with van der Waals surface area (Å²) in [6.45, 7) is 3.38. The van der Waals surface area contributed by atoms with Crippen LogP contribution in [0.5, 0.6) is 5.75 Å². The van der Waals surface area contributed by atoms with Gasteiger partial charge in [0.25, 0.3) is 0 Å². The average Bonchev–Trinajstić information content (AvgIpc) is 2.38. The third-order valence-electron chi connectivity index (χ3n) is 2.90. The minimum atomic E-state index is -3.71. The first-order valence-electron chi connectivity index (χ1n) is 6.15. The second-order valence-corrected chi connectivity index (χ2v) is 6.32. The van der Waals surface area contributed by atoms with Crippen molar-refractivity contribution in [3.63, 3.8) is 0 Å². The number of sulfonamides is 1. The molecule has 0 aromatic heterocycles. The standard InChI is InChI=1S/C13H19NO5S/c1-9-4-5-11(19-3)12(8-9)20(17,18)14-7-6-10(2)13(15)16/h4-5,8,10,14H,6-7H2,1-3H3,(H,15,16). The summed E-state index contributed by atoms with van der Waals surface area (Å²) in [4.78, 5) is 10.7. The van der Waals surface area contributed by atoms with E-state index in [0.29, 0.717) is 0 Å². The normalized spacial score (nSPS) is 12.9. The molecular weight excluding hydrogens is 282 g/mol. The predicted octanol–water partition coefficient (Wildman–Crippen LogP) is 1.39. The summed E-state index contributed by atoms with van der Waals surface area (Å²) in [5.74, 6) is -1.29. The Labute approximate surface area is 118 Å². The highest BCUT2D eigenvalue weighted by atomic mass is 32.2. The van der Waals surface area contributed by atoms with E-state index in [1.807, 2.05) is 0 Å². The number of carboxylic acid groups (broad SMARTS) is 1. The van der Waals surface area contributed by atoms with E-state index in [2.05, 4.69) is 4.72 Å². The van der Waals surface area contributed by atoms with Crippen molar-refractivity contribution in [1.82, 2.24) is 4.72 Å². The van der Waals surface area contributed by atoms with Crippen LogP contribution in [0, 0.1) is 12.8 Å². The lowest BCUT2D eigenvalue weighted by molar-refractivity contribution is -0.141. The van der Waals surface area contributed by atoms with Gasteiger partial charge in [-0.3, -0.25) is 4.79 Å². The molecule has 7 heteroatoms. The number of nitrogens with one attached hydrogen (secondary N) is 1. The van der Waals surface area contributed by atoms with Crippen molar-refractivity contribution < 1.29 is 23.1 Å². The largest absolute Gasteiger partial charge is 0.495 e. The van der Waals surface area contributed by atoms with Crippen molar-refractivity contribution in [2.75, 3.05) is 13.7 Å². The molecule has 6 nitrogen and oxygen atoms in total. The molecule has 0 aliphatic carbocycles. The monoisotopic (exact) mass is 301 g/mol. The lowest BCUT2D eigenvalue weighted by Gasteiger charge is -2.12.